The first-order chi connectivity index (χ1) is 12.1. The largest absolute Gasteiger partial charge is 0.373 e. The molecule has 0 aliphatic carbocycles. The van der Waals surface area contributed by atoms with Crippen LogP contribution in [0.5, 0.6) is 0 Å². The lowest BCUT2D eigenvalue weighted by molar-refractivity contribution is 0.0747. The summed E-state index contributed by atoms with van der Waals surface area (Å²) in [5.74, 6) is -0.169. The lowest BCUT2D eigenvalue weighted by atomic mass is 10.1. The van der Waals surface area contributed by atoms with Gasteiger partial charge in [0.1, 0.15) is 0 Å². The van der Waals surface area contributed by atoms with Gasteiger partial charge in [0, 0.05) is 37.8 Å². The van der Waals surface area contributed by atoms with Crippen molar-refractivity contribution in [3.63, 3.8) is 0 Å². The van der Waals surface area contributed by atoms with Crippen LogP contribution in [0.2, 0.25) is 0 Å². The molecule has 0 spiro atoms. The molecule has 1 aliphatic heterocycles. The van der Waals surface area contributed by atoms with Crippen LogP contribution >= 0.6 is 0 Å². The van der Waals surface area contributed by atoms with Gasteiger partial charge in [-0.3, -0.25) is 9.59 Å². The van der Waals surface area contributed by atoms with E-state index < -0.39 is 0 Å². The topological polar surface area (TPSA) is 69.3 Å². The summed E-state index contributed by atoms with van der Waals surface area (Å²) in [6.45, 7) is 1.86. The van der Waals surface area contributed by atoms with Gasteiger partial charge >= 0.3 is 0 Å². The molecule has 0 bridgehead atoms. The summed E-state index contributed by atoms with van der Waals surface area (Å²) in [5, 5.41) is 7.55. The standard InChI is InChI=1S/C19H18N4O2/c1-22-10-11-23(12-13-6-2-5-9-16(13)22)19(25)17-14-7-3-4-8-15(14)18(24)21-20-17/h2-9H,10-12H2,1H3,(H,21,24). The summed E-state index contributed by atoms with van der Waals surface area (Å²) in [7, 11) is 2.03. The minimum atomic E-state index is -0.284. The second kappa shape index (κ2) is 6.05. The van der Waals surface area contributed by atoms with E-state index in [0.29, 0.717) is 23.9 Å². The average molecular weight is 334 g/mol. The van der Waals surface area contributed by atoms with Crippen molar-refractivity contribution in [3.8, 4) is 0 Å². The van der Waals surface area contributed by atoms with Crippen molar-refractivity contribution in [3.05, 3.63) is 70.1 Å². The van der Waals surface area contributed by atoms with Gasteiger partial charge in [-0.15, -0.1) is 0 Å². The first-order valence-electron chi connectivity index (χ1n) is 8.21. The number of rotatable bonds is 1. The van der Waals surface area contributed by atoms with Crippen molar-refractivity contribution in [2.24, 2.45) is 0 Å². The Labute approximate surface area is 144 Å². The Balaban J connectivity index is 1.75. The number of nitrogens with zero attached hydrogens (tertiary/aromatic N) is 3. The summed E-state index contributed by atoms with van der Waals surface area (Å²) < 4.78 is 0. The van der Waals surface area contributed by atoms with Gasteiger partial charge in [-0.1, -0.05) is 36.4 Å². The minimum Gasteiger partial charge on any atom is -0.373 e. The third-order valence-corrected chi connectivity index (χ3v) is 4.66. The van der Waals surface area contributed by atoms with E-state index in [4.69, 9.17) is 0 Å². The minimum absolute atomic E-state index is 0.169. The zero-order valence-electron chi connectivity index (χ0n) is 13.9. The Morgan fingerprint density at radius 1 is 1.04 bits per heavy atom. The molecular formula is C19H18N4O2. The molecule has 1 aromatic heterocycles. The predicted molar refractivity (Wildman–Crippen MR) is 96.8 cm³/mol. The van der Waals surface area contributed by atoms with Gasteiger partial charge < -0.3 is 9.80 Å². The molecule has 2 heterocycles. The zero-order valence-corrected chi connectivity index (χ0v) is 13.9. The summed E-state index contributed by atoms with van der Waals surface area (Å²) in [6.07, 6.45) is 0. The number of fused-ring (bicyclic) bond motifs is 2. The Morgan fingerprint density at radius 3 is 2.60 bits per heavy atom. The van der Waals surface area contributed by atoms with Crippen LogP contribution in [0.25, 0.3) is 10.8 Å². The molecule has 0 fully saturated rings. The van der Waals surface area contributed by atoms with E-state index in [-0.39, 0.29) is 17.2 Å². The van der Waals surface area contributed by atoms with Crippen LogP contribution in [-0.4, -0.2) is 41.1 Å². The van der Waals surface area contributed by atoms with Crippen LogP contribution in [0.3, 0.4) is 0 Å². The second-order valence-electron chi connectivity index (χ2n) is 6.22. The number of aromatic nitrogens is 2. The van der Waals surface area contributed by atoms with E-state index in [2.05, 4.69) is 21.2 Å². The van der Waals surface area contributed by atoms with Gasteiger partial charge in [-0.25, -0.2) is 5.10 Å². The van der Waals surface area contributed by atoms with Gasteiger partial charge in [0.25, 0.3) is 11.5 Å². The number of carbonyl (C=O) groups is 1. The van der Waals surface area contributed by atoms with Crippen molar-refractivity contribution in [1.29, 1.82) is 0 Å². The molecule has 0 saturated heterocycles. The van der Waals surface area contributed by atoms with Crippen LogP contribution in [0.4, 0.5) is 5.69 Å². The lowest BCUT2D eigenvalue weighted by Gasteiger charge is -2.21. The molecular weight excluding hydrogens is 316 g/mol. The maximum Gasteiger partial charge on any atom is 0.275 e. The van der Waals surface area contributed by atoms with Crippen LogP contribution in [0.1, 0.15) is 16.1 Å². The highest BCUT2D eigenvalue weighted by Crippen LogP contribution is 2.25. The van der Waals surface area contributed by atoms with Gasteiger partial charge in [0.15, 0.2) is 5.69 Å². The molecule has 6 heteroatoms. The number of para-hydroxylation sites is 1. The zero-order chi connectivity index (χ0) is 17.4. The molecule has 1 amide bonds. The van der Waals surface area contributed by atoms with E-state index >= 15 is 0 Å². The van der Waals surface area contributed by atoms with Crippen LogP contribution in [-0.2, 0) is 6.54 Å². The third kappa shape index (κ3) is 2.65. The normalized spacial score (nSPS) is 14.3. The van der Waals surface area contributed by atoms with Gasteiger partial charge in [-0.2, -0.15) is 5.10 Å². The summed E-state index contributed by atoms with van der Waals surface area (Å²) in [5.41, 5.74) is 2.24. The Morgan fingerprint density at radius 2 is 1.76 bits per heavy atom. The van der Waals surface area contributed by atoms with E-state index in [1.54, 1.807) is 23.1 Å². The second-order valence-corrected chi connectivity index (χ2v) is 6.22. The number of benzene rings is 2. The Kier molecular flexibility index (Phi) is 3.72. The quantitative estimate of drug-likeness (QED) is 0.739. The highest BCUT2D eigenvalue weighted by Gasteiger charge is 2.24. The summed E-state index contributed by atoms with van der Waals surface area (Å²) >= 11 is 0. The predicted octanol–water partition coefficient (Wildman–Crippen LogP) is 2.02. The maximum absolute atomic E-state index is 13.1. The molecule has 25 heavy (non-hydrogen) atoms. The van der Waals surface area contributed by atoms with E-state index in [0.717, 1.165) is 17.8 Å². The molecule has 1 aliphatic rings. The number of anilines is 1. The highest BCUT2D eigenvalue weighted by atomic mass is 16.2. The number of amides is 1. The van der Waals surface area contributed by atoms with Crippen molar-refractivity contribution >= 4 is 22.4 Å². The first-order valence-corrected chi connectivity index (χ1v) is 8.21. The van der Waals surface area contributed by atoms with Crippen molar-refractivity contribution in [2.45, 2.75) is 6.54 Å². The van der Waals surface area contributed by atoms with Crippen LogP contribution < -0.4 is 10.5 Å². The van der Waals surface area contributed by atoms with Gasteiger partial charge in [0.2, 0.25) is 0 Å². The number of likely N-dealkylation sites (N-methyl/N-ethyl adjacent to an activating group) is 1. The van der Waals surface area contributed by atoms with E-state index in [9.17, 15) is 9.59 Å². The number of aromatic amines is 1. The fourth-order valence-corrected chi connectivity index (χ4v) is 3.29. The summed E-state index contributed by atoms with van der Waals surface area (Å²) in [4.78, 5) is 29.0. The first kappa shape index (κ1) is 15.4. The number of hydrogen-bond donors (Lipinski definition) is 1. The number of nitrogens with one attached hydrogen (secondary N) is 1. The Bertz CT molecular complexity index is 1010. The van der Waals surface area contributed by atoms with Gasteiger partial charge in [-0.05, 0) is 17.7 Å². The lowest BCUT2D eigenvalue weighted by Crippen LogP contribution is -2.35. The molecule has 6 nitrogen and oxygen atoms in total. The number of carbonyl (C=O) groups excluding carboxylic acids is 1. The fraction of sp³-hybridized carbons (Fsp3) is 0.211. The van der Waals surface area contributed by atoms with E-state index in [1.165, 1.54) is 0 Å². The molecule has 1 N–H and O–H groups in total. The SMILES string of the molecule is CN1CCN(C(=O)c2n[nH]c(=O)c3ccccc23)Cc2ccccc21. The van der Waals surface area contributed by atoms with Crippen molar-refractivity contribution in [1.82, 2.24) is 15.1 Å². The molecule has 0 saturated carbocycles. The van der Waals surface area contributed by atoms with Crippen LogP contribution in [0.15, 0.2) is 53.3 Å². The number of H-pyrrole nitrogens is 1. The summed E-state index contributed by atoms with van der Waals surface area (Å²) in [6, 6.07) is 15.2. The van der Waals surface area contributed by atoms with Crippen molar-refractivity contribution < 1.29 is 4.79 Å². The van der Waals surface area contributed by atoms with Gasteiger partial charge in [0.05, 0.1) is 5.39 Å². The smallest absolute Gasteiger partial charge is 0.275 e. The molecule has 0 radical (unpaired) electrons. The molecule has 3 aromatic rings. The molecule has 4 rings (SSSR count). The monoisotopic (exact) mass is 334 g/mol. The molecule has 2 aromatic carbocycles. The third-order valence-electron chi connectivity index (χ3n) is 4.66. The van der Waals surface area contributed by atoms with Crippen LogP contribution in [0, 0.1) is 0 Å². The van der Waals surface area contributed by atoms with E-state index in [1.807, 2.05) is 31.3 Å². The molecule has 0 atom stereocenters. The average Bonchev–Trinajstić information content (AvgIpc) is 2.81. The maximum atomic E-state index is 13.1. The molecule has 0 unspecified atom stereocenters. The molecule has 126 valence electrons. The fourth-order valence-electron chi connectivity index (χ4n) is 3.29. The highest BCUT2D eigenvalue weighted by molar-refractivity contribution is 6.04. The Hall–Kier alpha value is -3.15. The van der Waals surface area contributed by atoms with Crippen molar-refractivity contribution in [2.75, 3.05) is 25.0 Å². The number of hydrogen-bond acceptors (Lipinski definition) is 4.